The molecule has 0 saturated carbocycles. The lowest BCUT2D eigenvalue weighted by molar-refractivity contribution is 0.0468. The van der Waals surface area contributed by atoms with Gasteiger partial charge in [-0.2, -0.15) is 5.10 Å². The summed E-state index contributed by atoms with van der Waals surface area (Å²) in [5, 5.41) is 7.88. The maximum atomic E-state index is 13.2. The van der Waals surface area contributed by atoms with Crippen LogP contribution in [0, 0.1) is 5.41 Å². The van der Waals surface area contributed by atoms with Crippen molar-refractivity contribution < 1.29 is 14.3 Å². The Balaban J connectivity index is 1.53. The van der Waals surface area contributed by atoms with Crippen LogP contribution in [0.5, 0.6) is 5.75 Å². The van der Waals surface area contributed by atoms with E-state index in [-0.39, 0.29) is 17.2 Å². The molecule has 1 N–H and O–H groups in total. The predicted octanol–water partition coefficient (Wildman–Crippen LogP) is 4.16. The standard InChI is InChI=1S/C24H31ClN4O3/c1-2-29-15-18(14-27-29)23(31)28-11-6-10-24(17-28)9-4-3-5-12-32-21-8-7-19(25)13-20(21)22(30)26-16-24/h7-8,13-15H,2-6,9-12,16-17H2,1H3,(H,26,30). The molecule has 1 saturated heterocycles. The zero-order valence-electron chi connectivity index (χ0n) is 18.6. The van der Waals surface area contributed by atoms with Gasteiger partial charge in [-0.3, -0.25) is 14.3 Å². The molecule has 1 spiro atoms. The summed E-state index contributed by atoms with van der Waals surface area (Å²) < 4.78 is 7.62. The fraction of sp³-hybridized carbons (Fsp3) is 0.542. The summed E-state index contributed by atoms with van der Waals surface area (Å²) in [6.45, 7) is 5.21. The molecule has 4 rings (SSSR count). The minimum atomic E-state index is -0.185. The molecular formula is C24H31ClN4O3. The van der Waals surface area contributed by atoms with E-state index in [2.05, 4.69) is 10.4 Å². The molecule has 3 heterocycles. The highest BCUT2D eigenvalue weighted by Crippen LogP contribution is 2.36. The Kier molecular flexibility index (Phi) is 7.04. The minimum Gasteiger partial charge on any atom is -0.493 e. The van der Waals surface area contributed by atoms with Gasteiger partial charge < -0.3 is 15.0 Å². The van der Waals surface area contributed by atoms with Crippen molar-refractivity contribution in [3.05, 3.63) is 46.7 Å². The van der Waals surface area contributed by atoms with Crippen molar-refractivity contribution in [3.63, 3.8) is 0 Å². The minimum absolute atomic E-state index is 0.0201. The number of benzene rings is 1. The number of rotatable bonds is 2. The number of piperidine rings is 1. The van der Waals surface area contributed by atoms with Gasteiger partial charge in [0.15, 0.2) is 0 Å². The Hall–Kier alpha value is -2.54. The molecule has 2 aliphatic rings. The molecule has 0 radical (unpaired) electrons. The smallest absolute Gasteiger partial charge is 0.257 e. The van der Waals surface area contributed by atoms with Crippen LogP contribution < -0.4 is 10.1 Å². The van der Waals surface area contributed by atoms with Crippen LogP contribution in [-0.4, -0.2) is 52.7 Å². The van der Waals surface area contributed by atoms with E-state index in [9.17, 15) is 9.59 Å². The van der Waals surface area contributed by atoms with Gasteiger partial charge in [-0.15, -0.1) is 0 Å². The van der Waals surface area contributed by atoms with E-state index in [1.54, 1.807) is 29.1 Å². The van der Waals surface area contributed by atoms with Gasteiger partial charge in [-0.25, -0.2) is 0 Å². The molecule has 1 fully saturated rings. The molecule has 0 bridgehead atoms. The second-order valence-electron chi connectivity index (χ2n) is 8.90. The van der Waals surface area contributed by atoms with Crippen LogP contribution in [0.3, 0.4) is 0 Å². The number of hydrogen-bond acceptors (Lipinski definition) is 4. The molecule has 8 heteroatoms. The van der Waals surface area contributed by atoms with Crippen LogP contribution >= 0.6 is 11.6 Å². The van der Waals surface area contributed by atoms with Gasteiger partial charge in [0.1, 0.15) is 5.75 Å². The van der Waals surface area contributed by atoms with E-state index in [4.69, 9.17) is 16.3 Å². The molecule has 32 heavy (non-hydrogen) atoms. The third kappa shape index (κ3) is 5.09. The Morgan fingerprint density at radius 3 is 2.91 bits per heavy atom. The first-order valence-corrected chi connectivity index (χ1v) is 11.9. The van der Waals surface area contributed by atoms with Gasteiger partial charge >= 0.3 is 0 Å². The predicted molar refractivity (Wildman–Crippen MR) is 123 cm³/mol. The summed E-state index contributed by atoms with van der Waals surface area (Å²) in [5.74, 6) is 0.400. The highest BCUT2D eigenvalue weighted by atomic mass is 35.5. The highest BCUT2D eigenvalue weighted by Gasteiger charge is 2.38. The van der Waals surface area contributed by atoms with Crippen LogP contribution in [0.4, 0.5) is 0 Å². The van der Waals surface area contributed by atoms with Crippen molar-refractivity contribution in [3.8, 4) is 5.75 Å². The molecule has 1 aromatic heterocycles. The first-order valence-electron chi connectivity index (χ1n) is 11.5. The van der Waals surface area contributed by atoms with Gasteiger partial charge in [0.05, 0.1) is 23.9 Å². The summed E-state index contributed by atoms with van der Waals surface area (Å²) in [6, 6.07) is 5.16. The third-order valence-electron chi connectivity index (χ3n) is 6.57. The number of likely N-dealkylation sites (tertiary alicyclic amines) is 1. The topological polar surface area (TPSA) is 76.5 Å². The van der Waals surface area contributed by atoms with Crippen molar-refractivity contribution in [1.82, 2.24) is 20.0 Å². The first-order chi connectivity index (χ1) is 15.5. The number of carbonyl (C=O) groups excluding carboxylic acids is 2. The second-order valence-corrected chi connectivity index (χ2v) is 9.33. The molecule has 1 unspecified atom stereocenters. The fourth-order valence-electron chi connectivity index (χ4n) is 4.78. The van der Waals surface area contributed by atoms with Crippen molar-refractivity contribution in [2.24, 2.45) is 5.41 Å². The number of halogens is 1. The molecule has 2 amide bonds. The molecule has 172 valence electrons. The average molecular weight is 459 g/mol. The molecular weight excluding hydrogens is 428 g/mol. The molecule has 2 aliphatic heterocycles. The Labute approximate surface area is 194 Å². The lowest BCUT2D eigenvalue weighted by Gasteiger charge is -2.43. The average Bonchev–Trinajstić information content (AvgIpc) is 3.29. The SMILES string of the molecule is CCn1cc(C(=O)N2CCCC3(CCCCCOc4ccc(Cl)cc4C(=O)NC3)C2)cn1. The summed E-state index contributed by atoms with van der Waals surface area (Å²) in [5.41, 5.74) is 0.953. The lowest BCUT2D eigenvalue weighted by Crippen LogP contribution is -2.51. The van der Waals surface area contributed by atoms with Gasteiger partial charge in [0, 0.05) is 42.8 Å². The number of hydrogen-bond donors (Lipinski definition) is 1. The maximum Gasteiger partial charge on any atom is 0.257 e. The van der Waals surface area contributed by atoms with Crippen molar-refractivity contribution in [2.45, 2.75) is 52.0 Å². The quantitative estimate of drug-likeness (QED) is 0.733. The Morgan fingerprint density at radius 2 is 2.09 bits per heavy atom. The monoisotopic (exact) mass is 458 g/mol. The zero-order chi connectivity index (χ0) is 22.6. The number of aromatic nitrogens is 2. The number of nitrogens with one attached hydrogen (secondary N) is 1. The van der Waals surface area contributed by atoms with Gasteiger partial charge in [-0.1, -0.05) is 24.4 Å². The summed E-state index contributed by atoms with van der Waals surface area (Å²) in [7, 11) is 0. The van der Waals surface area contributed by atoms with Crippen LogP contribution in [0.25, 0.3) is 0 Å². The van der Waals surface area contributed by atoms with E-state index in [1.165, 1.54) is 0 Å². The third-order valence-corrected chi connectivity index (χ3v) is 6.81. The van der Waals surface area contributed by atoms with Crippen molar-refractivity contribution >= 4 is 23.4 Å². The number of ether oxygens (including phenoxy) is 1. The molecule has 1 atom stereocenters. The largest absolute Gasteiger partial charge is 0.493 e. The number of carbonyl (C=O) groups is 2. The summed E-state index contributed by atoms with van der Waals surface area (Å²) in [4.78, 5) is 28.1. The van der Waals surface area contributed by atoms with E-state index in [0.29, 0.717) is 41.6 Å². The van der Waals surface area contributed by atoms with Crippen LogP contribution in [0.15, 0.2) is 30.6 Å². The van der Waals surface area contributed by atoms with Crippen LogP contribution in [0.1, 0.15) is 66.2 Å². The fourth-order valence-corrected chi connectivity index (χ4v) is 4.95. The van der Waals surface area contributed by atoms with E-state index in [1.807, 2.05) is 18.0 Å². The number of nitrogens with zero attached hydrogens (tertiary/aromatic N) is 3. The van der Waals surface area contributed by atoms with Gasteiger partial charge in [0.2, 0.25) is 0 Å². The highest BCUT2D eigenvalue weighted by molar-refractivity contribution is 6.31. The summed E-state index contributed by atoms with van der Waals surface area (Å²) >= 11 is 6.15. The molecule has 1 aromatic carbocycles. The van der Waals surface area contributed by atoms with E-state index < -0.39 is 0 Å². The van der Waals surface area contributed by atoms with Crippen LogP contribution in [-0.2, 0) is 6.54 Å². The van der Waals surface area contributed by atoms with E-state index in [0.717, 1.165) is 51.6 Å². The van der Waals surface area contributed by atoms with Gasteiger partial charge in [0.25, 0.3) is 11.8 Å². The van der Waals surface area contributed by atoms with Crippen molar-refractivity contribution in [1.29, 1.82) is 0 Å². The number of fused-ring (bicyclic) bond motifs is 1. The Morgan fingerprint density at radius 1 is 1.25 bits per heavy atom. The van der Waals surface area contributed by atoms with E-state index >= 15 is 0 Å². The van der Waals surface area contributed by atoms with Crippen molar-refractivity contribution in [2.75, 3.05) is 26.2 Å². The molecule has 7 nitrogen and oxygen atoms in total. The Bertz CT molecular complexity index is 976. The number of amides is 2. The lowest BCUT2D eigenvalue weighted by atomic mass is 9.75. The first kappa shape index (κ1) is 22.6. The summed E-state index contributed by atoms with van der Waals surface area (Å²) in [6.07, 6.45) is 9.37. The normalized spacial score (nSPS) is 22.3. The second kappa shape index (κ2) is 9.94. The number of aryl methyl sites for hydroxylation is 1. The van der Waals surface area contributed by atoms with Crippen LogP contribution in [0.2, 0.25) is 5.02 Å². The molecule has 2 aromatic rings. The van der Waals surface area contributed by atoms with Gasteiger partial charge in [-0.05, 0) is 50.8 Å². The molecule has 0 aliphatic carbocycles. The zero-order valence-corrected chi connectivity index (χ0v) is 19.4. The maximum absolute atomic E-state index is 13.2.